The Kier molecular flexibility index (Phi) is 4.05. The average Bonchev–Trinajstić information content (AvgIpc) is 2.45. The predicted octanol–water partition coefficient (Wildman–Crippen LogP) is 1.78. The maximum atomic E-state index is 13.0. The van der Waals surface area contributed by atoms with Gasteiger partial charge in [0.25, 0.3) is 5.91 Å². The van der Waals surface area contributed by atoms with Crippen LogP contribution in [0.1, 0.15) is 22.0 Å². The molecule has 1 atom stereocenters. The van der Waals surface area contributed by atoms with Crippen LogP contribution in [0.3, 0.4) is 0 Å². The quantitative estimate of drug-likeness (QED) is 0.890. The van der Waals surface area contributed by atoms with Gasteiger partial charge in [0.15, 0.2) is 6.04 Å². The summed E-state index contributed by atoms with van der Waals surface area (Å²) in [6, 6.07) is 8.04. The molecule has 5 nitrogen and oxygen atoms in total. The molecule has 0 aliphatic rings. The number of amides is 1. The van der Waals surface area contributed by atoms with Crippen LogP contribution in [0.5, 0.6) is 0 Å². The number of rotatable bonds is 4. The molecule has 2 aromatic rings. The summed E-state index contributed by atoms with van der Waals surface area (Å²) < 4.78 is 13.0. The second-order valence-electron chi connectivity index (χ2n) is 4.05. The Morgan fingerprint density at radius 2 is 1.90 bits per heavy atom. The topological polar surface area (TPSA) is 79.3 Å². The number of benzene rings is 1. The fourth-order valence-corrected chi connectivity index (χ4v) is 1.68. The number of pyridine rings is 1. The number of nitrogens with one attached hydrogen (secondary N) is 1. The van der Waals surface area contributed by atoms with E-state index in [-0.39, 0.29) is 5.56 Å². The van der Waals surface area contributed by atoms with Gasteiger partial charge in [0.1, 0.15) is 5.82 Å². The van der Waals surface area contributed by atoms with Gasteiger partial charge in [0.2, 0.25) is 0 Å². The van der Waals surface area contributed by atoms with E-state index in [1.165, 1.54) is 6.20 Å². The summed E-state index contributed by atoms with van der Waals surface area (Å²) in [4.78, 5) is 26.7. The first-order valence-electron chi connectivity index (χ1n) is 5.77. The van der Waals surface area contributed by atoms with E-state index in [2.05, 4.69) is 10.3 Å². The molecule has 1 heterocycles. The van der Waals surface area contributed by atoms with E-state index in [1.54, 1.807) is 30.3 Å². The zero-order valence-corrected chi connectivity index (χ0v) is 10.3. The Hall–Kier alpha value is -2.76. The number of aliphatic carboxylic acids is 1. The lowest BCUT2D eigenvalue weighted by atomic mass is 10.1. The Morgan fingerprint density at radius 3 is 2.50 bits per heavy atom. The van der Waals surface area contributed by atoms with Crippen molar-refractivity contribution in [2.24, 2.45) is 0 Å². The Bertz CT molecular complexity index is 631. The fourth-order valence-electron chi connectivity index (χ4n) is 1.68. The molecule has 1 aromatic heterocycles. The number of carboxylic acids is 1. The van der Waals surface area contributed by atoms with Gasteiger partial charge in [-0.2, -0.15) is 0 Å². The van der Waals surface area contributed by atoms with Crippen LogP contribution >= 0.6 is 0 Å². The van der Waals surface area contributed by atoms with E-state index in [1.807, 2.05) is 0 Å². The Balaban J connectivity index is 2.21. The molecular formula is C14H11FN2O3. The average molecular weight is 274 g/mol. The molecule has 0 saturated heterocycles. The van der Waals surface area contributed by atoms with Crippen LogP contribution in [0.4, 0.5) is 4.39 Å². The summed E-state index contributed by atoms with van der Waals surface area (Å²) in [5, 5.41) is 11.5. The van der Waals surface area contributed by atoms with Gasteiger partial charge in [-0.15, -0.1) is 0 Å². The van der Waals surface area contributed by atoms with Crippen LogP contribution in [0.2, 0.25) is 0 Å². The second-order valence-corrected chi connectivity index (χ2v) is 4.05. The highest BCUT2D eigenvalue weighted by Gasteiger charge is 2.22. The molecule has 102 valence electrons. The number of hydrogen-bond acceptors (Lipinski definition) is 3. The van der Waals surface area contributed by atoms with Crippen molar-refractivity contribution in [3.8, 4) is 0 Å². The minimum atomic E-state index is -1.20. The van der Waals surface area contributed by atoms with Crippen molar-refractivity contribution < 1.29 is 19.1 Å². The zero-order chi connectivity index (χ0) is 14.5. The molecule has 20 heavy (non-hydrogen) atoms. The normalized spacial score (nSPS) is 11.7. The van der Waals surface area contributed by atoms with Gasteiger partial charge < -0.3 is 10.4 Å². The van der Waals surface area contributed by atoms with E-state index >= 15 is 0 Å². The SMILES string of the molecule is O=C(NC(C(=O)O)c1ccccc1)c1cncc(F)c1. The van der Waals surface area contributed by atoms with E-state index in [0.717, 1.165) is 12.3 Å². The van der Waals surface area contributed by atoms with Crippen molar-refractivity contribution in [2.75, 3.05) is 0 Å². The third-order valence-corrected chi connectivity index (χ3v) is 2.62. The largest absolute Gasteiger partial charge is 0.479 e. The molecule has 0 fully saturated rings. The number of halogens is 1. The van der Waals surface area contributed by atoms with Crippen molar-refractivity contribution in [1.82, 2.24) is 10.3 Å². The van der Waals surface area contributed by atoms with Gasteiger partial charge in [0.05, 0.1) is 11.8 Å². The standard InChI is InChI=1S/C14H11FN2O3/c15-11-6-10(7-16-8-11)13(18)17-12(14(19)20)9-4-2-1-3-5-9/h1-8,12H,(H,17,18)(H,19,20). The van der Waals surface area contributed by atoms with Gasteiger partial charge in [-0.05, 0) is 11.6 Å². The van der Waals surface area contributed by atoms with Crippen molar-refractivity contribution >= 4 is 11.9 Å². The zero-order valence-electron chi connectivity index (χ0n) is 10.3. The fraction of sp³-hybridized carbons (Fsp3) is 0.0714. The minimum absolute atomic E-state index is 0.0350. The van der Waals surface area contributed by atoms with Crippen molar-refractivity contribution in [3.05, 3.63) is 65.7 Å². The van der Waals surface area contributed by atoms with E-state index in [0.29, 0.717) is 5.56 Å². The van der Waals surface area contributed by atoms with Crippen molar-refractivity contribution in [2.45, 2.75) is 6.04 Å². The first-order valence-corrected chi connectivity index (χ1v) is 5.77. The van der Waals surface area contributed by atoms with Gasteiger partial charge in [-0.3, -0.25) is 9.78 Å². The molecule has 1 unspecified atom stereocenters. The van der Waals surface area contributed by atoms with Crippen LogP contribution in [-0.4, -0.2) is 22.0 Å². The molecule has 1 aromatic carbocycles. The van der Waals surface area contributed by atoms with Gasteiger partial charge in [0, 0.05) is 6.20 Å². The Labute approximate surface area is 114 Å². The predicted molar refractivity (Wildman–Crippen MR) is 68.5 cm³/mol. The smallest absolute Gasteiger partial charge is 0.330 e. The summed E-state index contributed by atoms with van der Waals surface area (Å²) in [5.41, 5.74) is 0.393. The first kappa shape index (κ1) is 13.7. The number of nitrogens with zero attached hydrogens (tertiary/aromatic N) is 1. The molecule has 0 bridgehead atoms. The molecule has 0 aliphatic heterocycles. The second kappa shape index (κ2) is 5.92. The van der Waals surface area contributed by atoms with Gasteiger partial charge in [-0.25, -0.2) is 9.18 Å². The maximum absolute atomic E-state index is 13.0. The summed E-state index contributed by atoms with van der Waals surface area (Å²) in [7, 11) is 0. The van der Waals surface area contributed by atoms with E-state index in [4.69, 9.17) is 0 Å². The number of carbonyl (C=O) groups is 2. The third kappa shape index (κ3) is 3.17. The molecule has 2 N–H and O–H groups in total. The van der Waals surface area contributed by atoms with Crippen LogP contribution in [-0.2, 0) is 4.79 Å². The van der Waals surface area contributed by atoms with Crippen LogP contribution in [0.25, 0.3) is 0 Å². The van der Waals surface area contributed by atoms with Crippen molar-refractivity contribution in [1.29, 1.82) is 0 Å². The highest BCUT2D eigenvalue weighted by molar-refractivity contribution is 5.96. The lowest BCUT2D eigenvalue weighted by molar-refractivity contribution is -0.139. The minimum Gasteiger partial charge on any atom is -0.479 e. The van der Waals surface area contributed by atoms with E-state index in [9.17, 15) is 19.1 Å². The lowest BCUT2D eigenvalue weighted by Gasteiger charge is -2.14. The van der Waals surface area contributed by atoms with Crippen LogP contribution in [0.15, 0.2) is 48.8 Å². The molecule has 2 rings (SSSR count). The third-order valence-electron chi connectivity index (χ3n) is 2.62. The maximum Gasteiger partial charge on any atom is 0.330 e. The Morgan fingerprint density at radius 1 is 1.20 bits per heavy atom. The molecule has 1 amide bonds. The first-order chi connectivity index (χ1) is 9.58. The van der Waals surface area contributed by atoms with Crippen LogP contribution < -0.4 is 5.32 Å². The number of carbonyl (C=O) groups excluding carboxylic acids is 1. The van der Waals surface area contributed by atoms with Crippen molar-refractivity contribution in [3.63, 3.8) is 0 Å². The molecular weight excluding hydrogens is 263 g/mol. The molecule has 0 saturated carbocycles. The molecule has 0 radical (unpaired) electrons. The highest BCUT2D eigenvalue weighted by Crippen LogP contribution is 2.13. The highest BCUT2D eigenvalue weighted by atomic mass is 19.1. The van der Waals surface area contributed by atoms with Gasteiger partial charge >= 0.3 is 5.97 Å². The number of aromatic nitrogens is 1. The van der Waals surface area contributed by atoms with Crippen LogP contribution in [0, 0.1) is 5.82 Å². The monoisotopic (exact) mass is 274 g/mol. The van der Waals surface area contributed by atoms with Gasteiger partial charge in [-0.1, -0.05) is 30.3 Å². The summed E-state index contributed by atoms with van der Waals surface area (Å²) in [5.74, 6) is -2.56. The molecule has 0 aliphatic carbocycles. The molecule has 6 heteroatoms. The summed E-state index contributed by atoms with van der Waals surface area (Å²) in [6.07, 6.45) is 2.13. The number of hydrogen-bond donors (Lipinski definition) is 2. The summed E-state index contributed by atoms with van der Waals surface area (Å²) >= 11 is 0. The summed E-state index contributed by atoms with van der Waals surface area (Å²) in [6.45, 7) is 0. The lowest BCUT2D eigenvalue weighted by Crippen LogP contribution is -2.33. The van der Waals surface area contributed by atoms with E-state index < -0.39 is 23.7 Å². The molecule has 0 spiro atoms. The number of carboxylic acid groups (broad SMARTS) is 1.